The summed E-state index contributed by atoms with van der Waals surface area (Å²) < 4.78 is 41.4. The van der Waals surface area contributed by atoms with E-state index in [0.29, 0.717) is 29.9 Å². The van der Waals surface area contributed by atoms with E-state index in [2.05, 4.69) is 5.10 Å². The van der Waals surface area contributed by atoms with Gasteiger partial charge in [-0.2, -0.15) is 16.9 Å². The second kappa shape index (κ2) is 5.56. The number of hydrogen-bond acceptors (Lipinski definition) is 3. The molecule has 0 aliphatic rings. The minimum atomic E-state index is -1.01. The van der Waals surface area contributed by atoms with Gasteiger partial charge in [-0.15, -0.1) is 0 Å². The molecule has 102 valence electrons. The van der Waals surface area contributed by atoms with Crippen LogP contribution in [-0.2, 0) is 6.42 Å². The van der Waals surface area contributed by atoms with Gasteiger partial charge in [0, 0.05) is 18.6 Å². The van der Waals surface area contributed by atoms with Crippen molar-refractivity contribution in [3.8, 4) is 5.69 Å². The quantitative estimate of drug-likeness (QED) is 0.940. The Kier molecular flexibility index (Phi) is 4.04. The van der Waals surface area contributed by atoms with E-state index < -0.39 is 23.1 Å². The molecule has 0 bridgehead atoms. The van der Waals surface area contributed by atoms with Crippen molar-refractivity contribution >= 4 is 17.4 Å². The Morgan fingerprint density at radius 3 is 2.47 bits per heavy atom. The smallest absolute Gasteiger partial charge is 0.154 e. The summed E-state index contributed by atoms with van der Waals surface area (Å²) in [5, 5.41) is 3.87. The van der Waals surface area contributed by atoms with Crippen LogP contribution >= 0.6 is 11.8 Å². The SMILES string of the molecule is CSCCc1c(N)cnn1-c1c(F)cc(F)cc1F. The van der Waals surface area contributed by atoms with Gasteiger partial charge in [-0.1, -0.05) is 0 Å². The third-order valence-corrected chi connectivity index (χ3v) is 3.25. The number of halogens is 3. The maximum atomic E-state index is 13.7. The summed E-state index contributed by atoms with van der Waals surface area (Å²) in [5.74, 6) is -2.25. The number of hydrogen-bond donors (Lipinski definition) is 1. The summed E-state index contributed by atoms with van der Waals surface area (Å²) in [4.78, 5) is 0. The molecule has 0 saturated carbocycles. The molecule has 0 radical (unpaired) electrons. The van der Waals surface area contributed by atoms with Crippen LogP contribution in [0, 0.1) is 17.5 Å². The molecule has 3 nitrogen and oxygen atoms in total. The molecule has 0 fully saturated rings. The van der Waals surface area contributed by atoms with Crippen LogP contribution < -0.4 is 5.73 Å². The lowest BCUT2D eigenvalue weighted by atomic mass is 10.2. The molecule has 0 atom stereocenters. The number of thioether (sulfide) groups is 1. The van der Waals surface area contributed by atoms with Gasteiger partial charge in [-0.3, -0.25) is 0 Å². The topological polar surface area (TPSA) is 43.8 Å². The lowest BCUT2D eigenvalue weighted by molar-refractivity contribution is 0.525. The molecule has 0 amide bonds. The van der Waals surface area contributed by atoms with E-state index in [1.54, 1.807) is 11.8 Å². The molecule has 0 saturated heterocycles. The van der Waals surface area contributed by atoms with Crippen molar-refractivity contribution in [2.75, 3.05) is 17.7 Å². The van der Waals surface area contributed by atoms with Gasteiger partial charge in [-0.05, 0) is 12.0 Å². The fraction of sp³-hybridized carbons (Fsp3) is 0.250. The third kappa shape index (κ3) is 2.70. The standard InChI is InChI=1S/C12H12F3N3S/c1-19-3-2-11-10(16)6-17-18(11)12-8(14)4-7(13)5-9(12)15/h4-6H,2-3,16H2,1H3. The van der Waals surface area contributed by atoms with E-state index in [9.17, 15) is 13.2 Å². The molecule has 1 aromatic carbocycles. The van der Waals surface area contributed by atoms with Gasteiger partial charge in [0.2, 0.25) is 0 Å². The van der Waals surface area contributed by atoms with Gasteiger partial charge < -0.3 is 5.73 Å². The zero-order chi connectivity index (χ0) is 14.0. The van der Waals surface area contributed by atoms with Crippen LogP contribution in [0.2, 0.25) is 0 Å². The Morgan fingerprint density at radius 1 is 1.26 bits per heavy atom. The van der Waals surface area contributed by atoms with Crippen molar-refractivity contribution in [1.82, 2.24) is 9.78 Å². The Morgan fingerprint density at radius 2 is 1.89 bits per heavy atom. The lowest BCUT2D eigenvalue weighted by Gasteiger charge is -2.10. The highest BCUT2D eigenvalue weighted by Crippen LogP contribution is 2.23. The number of nitrogen functional groups attached to an aromatic ring is 1. The van der Waals surface area contributed by atoms with Crippen molar-refractivity contribution in [2.24, 2.45) is 0 Å². The summed E-state index contributed by atoms with van der Waals surface area (Å²) in [5.41, 5.74) is 6.20. The molecule has 7 heteroatoms. The number of aromatic nitrogens is 2. The molecule has 2 aromatic rings. The number of rotatable bonds is 4. The summed E-state index contributed by atoms with van der Waals surface area (Å²) in [7, 11) is 0. The second-order valence-electron chi connectivity index (χ2n) is 3.92. The highest BCUT2D eigenvalue weighted by atomic mass is 32.2. The van der Waals surface area contributed by atoms with Crippen LogP contribution in [0.5, 0.6) is 0 Å². The van der Waals surface area contributed by atoms with Crippen molar-refractivity contribution in [1.29, 1.82) is 0 Å². The van der Waals surface area contributed by atoms with Gasteiger partial charge >= 0.3 is 0 Å². The number of nitrogens with zero attached hydrogens (tertiary/aromatic N) is 2. The Bertz CT molecular complexity index is 575. The molecule has 0 spiro atoms. The summed E-state index contributed by atoms with van der Waals surface area (Å²) in [6.45, 7) is 0. The van der Waals surface area contributed by atoms with Gasteiger partial charge in [0.1, 0.15) is 11.5 Å². The Hall–Kier alpha value is -1.63. The molecule has 19 heavy (non-hydrogen) atoms. The summed E-state index contributed by atoms with van der Waals surface area (Å²) in [6.07, 6.45) is 3.76. The lowest BCUT2D eigenvalue weighted by Crippen LogP contribution is -2.09. The van der Waals surface area contributed by atoms with E-state index in [0.717, 1.165) is 10.4 Å². The van der Waals surface area contributed by atoms with Crippen LogP contribution in [0.3, 0.4) is 0 Å². The predicted octanol–water partition coefficient (Wildman–Crippen LogP) is 2.78. The monoisotopic (exact) mass is 287 g/mol. The molecule has 1 heterocycles. The second-order valence-corrected chi connectivity index (χ2v) is 4.90. The first-order valence-electron chi connectivity index (χ1n) is 5.50. The van der Waals surface area contributed by atoms with Crippen molar-refractivity contribution in [3.63, 3.8) is 0 Å². The van der Waals surface area contributed by atoms with Crippen molar-refractivity contribution < 1.29 is 13.2 Å². The molecular formula is C12H12F3N3S. The van der Waals surface area contributed by atoms with Crippen molar-refractivity contribution in [3.05, 3.63) is 41.5 Å². The molecule has 0 unspecified atom stereocenters. The average Bonchev–Trinajstić information content (AvgIpc) is 2.67. The molecular weight excluding hydrogens is 275 g/mol. The average molecular weight is 287 g/mol. The first kappa shape index (κ1) is 13.8. The predicted molar refractivity (Wildman–Crippen MR) is 69.9 cm³/mol. The van der Waals surface area contributed by atoms with Crippen LogP contribution in [0.4, 0.5) is 18.9 Å². The first-order valence-corrected chi connectivity index (χ1v) is 6.90. The Labute approximate surface area is 112 Å². The summed E-state index contributed by atoms with van der Waals surface area (Å²) >= 11 is 1.58. The summed E-state index contributed by atoms with van der Waals surface area (Å²) in [6, 6.07) is 1.24. The minimum Gasteiger partial charge on any atom is -0.396 e. The van der Waals surface area contributed by atoms with E-state index in [1.165, 1.54) is 6.20 Å². The van der Waals surface area contributed by atoms with E-state index in [4.69, 9.17) is 5.73 Å². The number of anilines is 1. The van der Waals surface area contributed by atoms with Crippen LogP contribution in [0.1, 0.15) is 5.69 Å². The van der Waals surface area contributed by atoms with E-state index in [1.807, 2.05) is 6.26 Å². The highest BCUT2D eigenvalue weighted by Gasteiger charge is 2.18. The fourth-order valence-electron chi connectivity index (χ4n) is 1.77. The van der Waals surface area contributed by atoms with Gasteiger partial charge in [-0.25, -0.2) is 17.9 Å². The maximum absolute atomic E-state index is 13.7. The van der Waals surface area contributed by atoms with Crippen LogP contribution in [-0.4, -0.2) is 21.8 Å². The van der Waals surface area contributed by atoms with Crippen LogP contribution in [0.25, 0.3) is 5.69 Å². The largest absolute Gasteiger partial charge is 0.396 e. The van der Waals surface area contributed by atoms with Gasteiger partial charge in [0.15, 0.2) is 11.6 Å². The molecule has 0 aliphatic heterocycles. The minimum absolute atomic E-state index is 0.358. The van der Waals surface area contributed by atoms with Crippen LogP contribution in [0.15, 0.2) is 18.3 Å². The fourth-order valence-corrected chi connectivity index (χ4v) is 2.16. The van der Waals surface area contributed by atoms with Crippen molar-refractivity contribution in [2.45, 2.75) is 6.42 Å². The van der Waals surface area contributed by atoms with E-state index in [-0.39, 0.29) is 0 Å². The molecule has 0 aliphatic carbocycles. The zero-order valence-corrected chi connectivity index (χ0v) is 11.0. The highest BCUT2D eigenvalue weighted by molar-refractivity contribution is 7.98. The van der Waals surface area contributed by atoms with Gasteiger partial charge in [0.25, 0.3) is 0 Å². The maximum Gasteiger partial charge on any atom is 0.154 e. The molecule has 2 rings (SSSR count). The molecule has 2 N–H and O–H groups in total. The third-order valence-electron chi connectivity index (χ3n) is 2.64. The number of benzene rings is 1. The van der Waals surface area contributed by atoms with Gasteiger partial charge in [0.05, 0.1) is 17.6 Å². The Balaban J connectivity index is 2.53. The molecule has 1 aromatic heterocycles. The van der Waals surface area contributed by atoms with E-state index >= 15 is 0 Å². The first-order chi connectivity index (χ1) is 9.04. The number of nitrogens with two attached hydrogens (primary N) is 1. The normalized spacial score (nSPS) is 10.9. The zero-order valence-electron chi connectivity index (χ0n) is 10.2.